The Labute approximate surface area is 412 Å². The molecule has 0 radical (unpaired) electrons. The summed E-state index contributed by atoms with van der Waals surface area (Å²) in [5, 5.41) is 2.57. The van der Waals surface area contributed by atoms with E-state index in [4.69, 9.17) is 0 Å². The Morgan fingerprint density at radius 1 is 0.286 bits per heavy atom. The van der Waals surface area contributed by atoms with E-state index in [1.54, 1.807) is 0 Å². The predicted octanol–water partition coefficient (Wildman–Crippen LogP) is 17.9. The number of hydrogen-bond donors (Lipinski definition) is 0. The Morgan fingerprint density at radius 2 is 0.743 bits per heavy atom. The SMILES string of the molecule is c1ccc(C2(c3ccccc3)c3ccccc3-c3cc(N(c4ccc(-c5ccc6c(c5)C(c5ccccc5)(c5ccccc5)c5ccccc5-6)cc4)c4cccc5c4sc4ccccc45)ccc32)cc1. The van der Waals surface area contributed by atoms with Crippen LogP contribution in [0.5, 0.6) is 0 Å². The molecule has 0 fully saturated rings. The van der Waals surface area contributed by atoms with Crippen LogP contribution in [0, 0.1) is 0 Å². The van der Waals surface area contributed by atoms with Gasteiger partial charge >= 0.3 is 0 Å². The Balaban J connectivity index is 0.953. The molecule has 328 valence electrons. The van der Waals surface area contributed by atoms with Gasteiger partial charge in [0, 0.05) is 26.8 Å². The second kappa shape index (κ2) is 16.0. The molecule has 0 amide bonds. The zero-order chi connectivity index (χ0) is 46.2. The predicted molar refractivity (Wildman–Crippen MR) is 294 cm³/mol. The van der Waals surface area contributed by atoms with E-state index in [1.807, 2.05) is 11.3 Å². The number of benzene rings is 11. The summed E-state index contributed by atoms with van der Waals surface area (Å²) in [5.41, 5.74) is 20.2. The van der Waals surface area contributed by atoms with E-state index in [1.165, 1.54) is 104 Å². The van der Waals surface area contributed by atoms with Crippen LogP contribution in [-0.2, 0) is 10.8 Å². The standard InChI is InChI=1S/C68H45NS/c1-5-20-48(21-6-1)67(49-22-7-2-8-23-49)61-33-17-14-29-55(61)59-45-53(41-43-62(59)67)69(64-34-19-31-58-57-30-15-18-35-65(57)70-66(58)64)52-39-36-46(37-40-52)47-38-42-56-54-28-13-16-32-60(54)68(63(56)44-47,50-24-9-3-10-25-50)51-26-11-4-12-27-51/h1-45H. The monoisotopic (exact) mass is 907 g/mol. The minimum Gasteiger partial charge on any atom is -0.309 e. The van der Waals surface area contributed by atoms with Crippen LogP contribution < -0.4 is 4.90 Å². The van der Waals surface area contributed by atoms with Gasteiger partial charge in [0.15, 0.2) is 0 Å². The molecule has 14 rings (SSSR count). The zero-order valence-electron chi connectivity index (χ0n) is 38.3. The Hall–Kier alpha value is -8.56. The van der Waals surface area contributed by atoms with E-state index in [-0.39, 0.29) is 0 Å². The highest BCUT2D eigenvalue weighted by Gasteiger charge is 2.47. The van der Waals surface area contributed by atoms with Crippen molar-refractivity contribution in [2.45, 2.75) is 10.8 Å². The van der Waals surface area contributed by atoms with Gasteiger partial charge in [-0.2, -0.15) is 0 Å². The summed E-state index contributed by atoms with van der Waals surface area (Å²) in [5.74, 6) is 0. The number of thiophene rings is 1. The van der Waals surface area contributed by atoms with Crippen molar-refractivity contribution < 1.29 is 0 Å². The molecule has 0 saturated heterocycles. The van der Waals surface area contributed by atoms with Gasteiger partial charge in [0.2, 0.25) is 0 Å². The first-order chi connectivity index (χ1) is 34.7. The first-order valence-electron chi connectivity index (χ1n) is 24.2. The summed E-state index contributed by atoms with van der Waals surface area (Å²) in [6.07, 6.45) is 0. The van der Waals surface area contributed by atoms with Crippen LogP contribution in [0.1, 0.15) is 44.5 Å². The number of rotatable bonds is 8. The van der Waals surface area contributed by atoms with E-state index in [0.29, 0.717) is 0 Å². The molecule has 0 aliphatic heterocycles. The molecular weight excluding hydrogens is 863 g/mol. The van der Waals surface area contributed by atoms with E-state index in [0.717, 1.165) is 11.4 Å². The number of anilines is 3. The number of hydrogen-bond acceptors (Lipinski definition) is 2. The van der Waals surface area contributed by atoms with Gasteiger partial charge in [0.1, 0.15) is 0 Å². The van der Waals surface area contributed by atoms with Gasteiger partial charge in [0.05, 0.1) is 21.2 Å². The minimum absolute atomic E-state index is 0.463. The molecule has 12 aromatic rings. The zero-order valence-corrected chi connectivity index (χ0v) is 39.2. The van der Waals surface area contributed by atoms with Crippen LogP contribution >= 0.6 is 11.3 Å². The maximum atomic E-state index is 2.49. The highest BCUT2D eigenvalue weighted by Crippen LogP contribution is 2.59. The van der Waals surface area contributed by atoms with Crippen LogP contribution in [-0.4, -0.2) is 0 Å². The molecule has 2 heteroatoms. The highest BCUT2D eigenvalue weighted by molar-refractivity contribution is 7.26. The van der Waals surface area contributed by atoms with Crippen molar-refractivity contribution in [2.24, 2.45) is 0 Å². The third-order valence-corrected chi connectivity index (χ3v) is 16.5. The summed E-state index contributed by atoms with van der Waals surface area (Å²) in [7, 11) is 0. The summed E-state index contributed by atoms with van der Waals surface area (Å²) in [4.78, 5) is 2.49. The molecule has 0 atom stereocenters. The molecular formula is C68H45NS. The lowest BCUT2D eigenvalue weighted by Crippen LogP contribution is -2.28. The Kier molecular flexibility index (Phi) is 9.27. The summed E-state index contributed by atoms with van der Waals surface area (Å²) in [6.45, 7) is 0. The van der Waals surface area contributed by atoms with Crippen LogP contribution in [0.15, 0.2) is 273 Å². The molecule has 0 saturated carbocycles. The molecule has 1 heterocycles. The van der Waals surface area contributed by atoms with E-state index in [9.17, 15) is 0 Å². The fourth-order valence-corrected chi connectivity index (χ4v) is 13.5. The number of nitrogens with zero attached hydrogens (tertiary/aromatic N) is 1. The summed E-state index contributed by atoms with van der Waals surface area (Å²) < 4.78 is 2.56. The third kappa shape index (κ3) is 5.84. The normalized spacial score (nSPS) is 13.7. The lowest BCUT2D eigenvalue weighted by molar-refractivity contribution is 0.768. The number of fused-ring (bicyclic) bond motifs is 9. The largest absolute Gasteiger partial charge is 0.309 e. The average molecular weight is 908 g/mol. The highest BCUT2D eigenvalue weighted by atomic mass is 32.1. The minimum atomic E-state index is -0.471. The van der Waals surface area contributed by atoms with Crippen molar-refractivity contribution in [3.63, 3.8) is 0 Å². The van der Waals surface area contributed by atoms with E-state index < -0.39 is 10.8 Å². The molecule has 2 aliphatic carbocycles. The second-order valence-electron chi connectivity index (χ2n) is 18.7. The molecule has 1 nitrogen and oxygen atoms in total. The van der Waals surface area contributed by atoms with E-state index in [2.05, 4.69) is 278 Å². The van der Waals surface area contributed by atoms with Crippen molar-refractivity contribution in [1.82, 2.24) is 0 Å². The first kappa shape index (κ1) is 40.5. The van der Waals surface area contributed by atoms with Gasteiger partial charge in [0.25, 0.3) is 0 Å². The van der Waals surface area contributed by atoms with Gasteiger partial charge in [-0.05, 0) is 120 Å². The van der Waals surface area contributed by atoms with Gasteiger partial charge in [-0.15, -0.1) is 11.3 Å². The third-order valence-electron chi connectivity index (χ3n) is 15.2. The quantitative estimate of drug-likeness (QED) is 0.147. The average Bonchev–Trinajstić information content (AvgIpc) is 4.08. The van der Waals surface area contributed by atoms with Crippen LogP contribution in [0.25, 0.3) is 53.6 Å². The molecule has 1 aromatic heterocycles. The topological polar surface area (TPSA) is 3.24 Å². The van der Waals surface area contributed by atoms with Crippen molar-refractivity contribution >= 4 is 48.6 Å². The summed E-state index contributed by atoms with van der Waals surface area (Å²) >= 11 is 1.87. The molecule has 0 unspecified atom stereocenters. The van der Waals surface area contributed by atoms with Gasteiger partial charge in [-0.1, -0.05) is 231 Å². The Morgan fingerprint density at radius 3 is 1.36 bits per heavy atom. The maximum Gasteiger partial charge on any atom is 0.0713 e. The lowest BCUT2D eigenvalue weighted by atomic mass is 9.67. The van der Waals surface area contributed by atoms with Crippen LogP contribution in [0.4, 0.5) is 17.1 Å². The van der Waals surface area contributed by atoms with Gasteiger partial charge in [-0.25, -0.2) is 0 Å². The smallest absolute Gasteiger partial charge is 0.0713 e. The molecule has 0 bridgehead atoms. The van der Waals surface area contributed by atoms with Crippen molar-refractivity contribution in [1.29, 1.82) is 0 Å². The Bertz CT molecular complexity index is 3850. The fourth-order valence-electron chi connectivity index (χ4n) is 12.3. The lowest BCUT2D eigenvalue weighted by Gasteiger charge is -2.34. The van der Waals surface area contributed by atoms with E-state index >= 15 is 0 Å². The molecule has 0 spiro atoms. The van der Waals surface area contributed by atoms with Crippen LogP contribution in [0.2, 0.25) is 0 Å². The van der Waals surface area contributed by atoms with Gasteiger partial charge in [-0.3, -0.25) is 0 Å². The fraction of sp³-hybridized carbons (Fsp3) is 0.0294. The second-order valence-corrected chi connectivity index (χ2v) is 19.7. The van der Waals surface area contributed by atoms with Crippen molar-refractivity contribution in [3.8, 4) is 33.4 Å². The van der Waals surface area contributed by atoms with Crippen LogP contribution in [0.3, 0.4) is 0 Å². The summed E-state index contributed by atoms with van der Waals surface area (Å²) in [6, 6.07) is 102. The van der Waals surface area contributed by atoms with Crippen molar-refractivity contribution in [2.75, 3.05) is 4.90 Å². The first-order valence-corrected chi connectivity index (χ1v) is 25.1. The van der Waals surface area contributed by atoms with Crippen molar-refractivity contribution in [3.05, 3.63) is 317 Å². The van der Waals surface area contributed by atoms with Gasteiger partial charge < -0.3 is 4.90 Å². The maximum absolute atomic E-state index is 2.49. The molecule has 70 heavy (non-hydrogen) atoms. The molecule has 11 aromatic carbocycles. The molecule has 0 N–H and O–H groups in total. The molecule has 2 aliphatic rings.